The number of para-hydroxylation sites is 1. The van der Waals surface area contributed by atoms with Crippen LogP contribution in [0.15, 0.2) is 108 Å². The van der Waals surface area contributed by atoms with Gasteiger partial charge in [-0.15, -0.1) is 0 Å². The Morgan fingerprint density at radius 3 is 2.13 bits per heavy atom. The molecule has 0 spiro atoms. The fourth-order valence-corrected chi connectivity index (χ4v) is 4.63. The zero-order chi connectivity index (χ0) is 26.8. The second-order valence-corrected chi connectivity index (χ2v) is 9.32. The molecule has 0 saturated heterocycles. The molecule has 0 radical (unpaired) electrons. The summed E-state index contributed by atoms with van der Waals surface area (Å²) in [6.45, 7) is 5.47. The Hall–Kier alpha value is -5.02. The normalized spacial score (nSPS) is 15.6. The molecular formula is C32H26N4O2. The van der Waals surface area contributed by atoms with Crippen LogP contribution in [-0.4, -0.2) is 26.5 Å². The Morgan fingerprint density at radius 1 is 0.868 bits per heavy atom. The Bertz CT molecular complexity index is 1620. The van der Waals surface area contributed by atoms with Crippen LogP contribution in [0.2, 0.25) is 0 Å². The molecule has 0 saturated carbocycles. The van der Waals surface area contributed by atoms with E-state index in [1.165, 1.54) is 4.90 Å². The van der Waals surface area contributed by atoms with Gasteiger partial charge in [-0.05, 0) is 50.1 Å². The molecule has 186 valence electrons. The van der Waals surface area contributed by atoms with Crippen molar-refractivity contribution in [2.45, 2.75) is 26.8 Å². The highest BCUT2D eigenvalue weighted by Crippen LogP contribution is 2.34. The van der Waals surface area contributed by atoms with Gasteiger partial charge in [0.15, 0.2) is 0 Å². The second kappa shape index (κ2) is 10.2. The molecule has 38 heavy (non-hydrogen) atoms. The van der Waals surface area contributed by atoms with E-state index in [4.69, 9.17) is 5.10 Å². The summed E-state index contributed by atoms with van der Waals surface area (Å²) in [4.78, 5) is 28.3. The maximum absolute atomic E-state index is 13.9. The first-order valence-corrected chi connectivity index (χ1v) is 12.4. The second-order valence-electron chi connectivity index (χ2n) is 9.32. The average Bonchev–Trinajstić information content (AvgIpc) is 3.36. The zero-order valence-electron chi connectivity index (χ0n) is 21.4. The van der Waals surface area contributed by atoms with Crippen molar-refractivity contribution in [1.82, 2.24) is 14.7 Å². The maximum Gasteiger partial charge on any atom is 0.272 e. The van der Waals surface area contributed by atoms with Gasteiger partial charge >= 0.3 is 0 Å². The van der Waals surface area contributed by atoms with E-state index in [9.17, 15) is 14.9 Å². The third-order valence-electron chi connectivity index (χ3n) is 6.83. The predicted molar refractivity (Wildman–Crippen MR) is 147 cm³/mol. The van der Waals surface area contributed by atoms with Gasteiger partial charge in [0.1, 0.15) is 11.6 Å². The third-order valence-corrected chi connectivity index (χ3v) is 6.83. The van der Waals surface area contributed by atoms with Crippen LogP contribution >= 0.6 is 0 Å². The number of rotatable bonds is 5. The Balaban J connectivity index is 1.67. The van der Waals surface area contributed by atoms with E-state index in [0.717, 1.165) is 22.4 Å². The van der Waals surface area contributed by atoms with Gasteiger partial charge in [0.25, 0.3) is 11.8 Å². The first-order chi connectivity index (χ1) is 18.4. The van der Waals surface area contributed by atoms with Gasteiger partial charge in [-0.3, -0.25) is 14.5 Å². The van der Waals surface area contributed by atoms with Crippen LogP contribution in [0.25, 0.3) is 23.0 Å². The van der Waals surface area contributed by atoms with E-state index in [-0.39, 0.29) is 5.57 Å². The van der Waals surface area contributed by atoms with Crippen LogP contribution in [0.1, 0.15) is 36.6 Å². The van der Waals surface area contributed by atoms with Crippen molar-refractivity contribution in [3.63, 3.8) is 0 Å². The molecule has 1 atom stereocenters. The van der Waals surface area contributed by atoms with Crippen molar-refractivity contribution >= 4 is 17.9 Å². The van der Waals surface area contributed by atoms with Crippen LogP contribution < -0.4 is 0 Å². The fourth-order valence-electron chi connectivity index (χ4n) is 4.63. The number of nitriles is 1. The highest BCUT2D eigenvalue weighted by atomic mass is 16.2. The number of aromatic nitrogens is 2. The van der Waals surface area contributed by atoms with Gasteiger partial charge in [-0.1, -0.05) is 78.4 Å². The lowest BCUT2D eigenvalue weighted by Crippen LogP contribution is -2.44. The van der Waals surface area contributed by atoms with Crippen LogP contribution in [0.5, 0.6) is 0 Å². The number of aryl methyl sites for hydroxylation is 1. The molecule has 6 heteroatoms. The zero-order valence-corrected chi connectivity index (χ0v) is 21.4. The molecule has 4 aromatic rings. The smallest absolute Gasteiger partial charge is 0.269 e. The monoisotopic (exact) mass is 498 g/mol. The number of benzene rings is 3. The van der Waals surface area contributed by atoms with E-state index in [0.29, 0.717) is 22.4 Å². The minimum Gasteiger partial charge on any atom is -0.269 e. The summed E-state index contributed by atoms with van der Waals surface area (Å²) in [5.41, 5.74) is 5.73. The number of imide groups is 1. The molecule has 1 unspecified atom stereocenters. The number of nitrogens with zero attached hydrogens (tertiary/aromatic N) is 4. The largest absolute Gasteiger partial charge is 0.272 e. The molecule has 0 N–H and O–H groups in total. The van der Waals surface area contributed by atoms with Gasteiger partial charge in [-0.2, -0.15) is 10.4 Å². The number of carbonyl (C=O) groups is 2. The summed E-state index contributed by atoms with van der Waals surface area (Å²) in [5.74, 6) is -1.02. The third kappa shape index (κ3) is 4.46. The minimum absolute atomic E-state index is 0.0361. The van der Waals surface area contributed by atoms with Crippen molar-refractivity contribution < 1.29 is 9.59 Å². The molecule has 6 nitrogen and oxygen atoms in total. The summed E-state index contributed by atoms with van der Waals surface area (Å²) in [5, 5.41) is 14.7. The average molecular weight is 499 g/mol. The van der Waals surface area contributed by atoms with Crippen LogP contribution in [0.4, 0.5) is 0 Å². The number of carbonyl (C=O) groups excluding carboxylic acids is 2. The summed E-state index contributed by atoms with van der Waals surface area (Å²) in [7, 11) is 0. The van der Waals surface area contributed by atoms with Crippen LogP contribution in [0.3, 0.4) is 0 Å². The predicted octanol–water partition coefficient (Wildman–Crippen LogP) is 6.20. The van der Waals surface area contributed by atoms with Gasteiger partial charge in [0.2, 0.25) is 0 Å². The SMILES string of the molecule is CC1=C(C#N)C(=O)N(C(C)c2ccccc2)C(=O)/C1=C/c1cn(-c2ccccc2)nc1-c1ccc(C)cc1. The molecule has 1 aliphatic rings. The molecule has 3 aromatic carbocycles. The van der Waals surface area contributed by atoms with Crippen molar-refractivity contribution in [2.75, 3.05) is 0 Å². The first kappa shape index (κ1) is 24.7. The Kier molecular flexibility index (Phi) is 6.59. The molecular weight excluding hydrogens is 472 g/mol. The minimum atomic E-state index is -0.581. The van der Waals surface area contributed by atoms with Crippen LogP contribution in [-0.2, 0) is 9.59 Å². The molecule has 2 amide bonds. The number of amides is 2. The highest BCUT2D eigenvalue weighted by molar-refractivity contribution is 6.20. The number of hydrogen-bond donors (Lipinski definition) is 0. The molecule has 1 aliphatic heterocycles. The van der Waals surface area contributed by atoms with E-state index >= 15 is 0 Å². The molecule has 5 rings (SSSR count). The summed E-state index contributed by atoms with van der Waals surface area (Å²) < 4.78 is 1.77. The number of hydrogen-bond acceptors (Lipinski definition) is 4. The van der Waals surface area contributed by atoms with Crippen molar-refractivity contribution in [3.05, 3.63) is 125 Å². The van der Waals surface area contributed by atoms with Gasteiger partial charge in [0, 0.05) is 22.9 Å². The maximum atomic E-state index is 13.9. The van der Waals surface area contributed by atoms with Crippen molar-refractivity contribution in [2.24, 2.45) is 0 Å². The quantitative estimate of drug-likeness (QED) is 0.242. The highest BCUT2D eigenvalue weighted by Gasteiger charge is 2.38. The van der Waals surface area contributed by atoms with E-state index in [1.54, 1.807) is 24.6 Å². The Morgan fingerprint density at radius 2 is 1.50 bits per heavy atom. The van der Waals surface area contributed by atoms with Gasteiger partial charge in [-0.25, -0.2) is 4.68 Å². The first-order valence-electron chi connectivity index (χ1n) is 12.4. The van der Waals surface area contributed by atoms with Crippen LogP contribution in [0, 0.1) is 18.3 Å². The summed E-state index contributed by atoms with van der Waals surface area (Å²) >= 11 is 0. The lowest BCUT2D eigenvalue weighted by atomic mass is 9.91. The lowest BCUT2D eigenvalue weighted by Gasteiger charge is -2.32. The summed E-state index contributed by atoms with van der Waals surface area (Å²) in [6, 6.07) is 28.6. The summed E-state index contributed by atoms with van der Waals surface area (Å²) in [6.07, 6.45) is 3.61. The van der Waals surface area contributed by atoms with E-state index < -0.39 is 17.9 Å². The lowest BCUT2D eigenvalue weighted by molar-refractivity contribution is -0.143. The molecule has 2 heterocycles. The standard InChI is InChI=1S/C32H26N4O2/c1-21-14-16-25(17-15-21)30-26(20-35(34-30)27-12-8-5-9-13-27)18-28-22(2)29(19-33)32(38)36(31(28)37)23(3)24-10-6-4-7-11-24/h4-18,20,23H,1-3H3/b28-18+. The molecule has 1 aromatic heterocycles. The Labute approximate surface area is 221 Å². The van der Waals surface area contributed by atoms with Crippen molar-refractivity contribution in [3.8, 4) is 23.0 Å². The molecule has 0 aliphatic carbocycles. The van der Waals surface area contributed by atoms with E-state index in [1.807, 2.05) is 104 Å². The topological polar surface area (TPSA) is 79.0 Å². The van der Waals surface area contributed by atoms with Gasteiger partial charge in [0.05, 0.1) is 17.4 Å². The van der Waals surface area contributed by atoms with Gasteiger partial charge < -0.3 is 0 Å². The van der Waals surface area contributed by atoms with Crippen molar-refractivity contribution in [1.29, 1.82) is 5.26 Å². The fraction of sp³-hybridized carbons (Fsp3) is 0.125. The van der Waals surface area contributed by atoms with E-state index in [2.05, 4.69) is 0 Å². The molecule has 0 fully saturated rings. The molecule has 0 bridgehead atoms.